The number of ether oxygens (including phenoxy) is 6. The number of hydrogen-bond donors (Lipinski definition) is 0. The average molecular weight is 599 g/mol. The largest absolute Gasteiger partial charge is 0.453 e. The van der Waals surface area contributed by atoms with Crippen molar-refractivity contribution < 1.29 is 38.0 Å². The Morgan fingerprint density at radius 2 is 1.41 bits per heavy atom. The highest BCUT2D eigenvalue weighted by Gasteiger charge is 2.53. The molecule has 0 radical (unpaired) electrons. The van der Waals surface area contributed by atoms with Crippen LogP contribution in [0.4, 0.5) is 0 Å². The minimum atomic E-state index is -1.06. The maximum Gasteiger partial charge on any atom is 0.338 e. The van der Waals surface area contributed by atoms with Gasteiger partial charge in [-0.25, -0.2) is 4.79 Å². The predicted molar refractivity (Wildman–Crippen MR) is 161 cm³/mol. The summed E-state index contributed by atoms with van der Waals surface area (Å²) in [6.07, 6.45) is 1.34. The van der Waals surface area contributed by atoms with Gasteiger partial charge < -0.3 is 28.4 Å². The second-order valence-electron chi connectivity index (χ2n) is 11.6. The molecule has 6 rings (SSSR count). The zero-order chi connectivity index (χ0) is 30.3. The topological polar surface area (TPSA) is 89.5 Å². The fraction of sp³-hybridized carbons (Fsp3) is 0.389. The zero-order valence-corrected chi connectivity index (χ0v) is 24.7. The van der Waals surface area contributed by atoms with Gasteiger partial charge in [0.25, 0.3) is 0 Å². The summed E-state index contributed by atoms with van der Waals surface area (Å²) in [5.74, 6) is -0.637. The van der Waals surface area contributed by atoms with Crippen molar-refractivity contribution in [1.82, 2.24) is 0 Å². The molecule has 1 saturated carbocycles. The summed E-state index contributed by atoms with van der Waals surface area (Å²) in [5.41, 5.74) is 2.31. The highest BCUT2D eigenvalue weighted by atomic mass is 16.7. The number of esters is 2. The molecule has 0 aromatic heterocycles. The van der Waals surface area contributed by atoms with E-state index in [-0.39, 0.29) is 31.0 Å². The van der Waals surface area contributed by atoms with E-state index in [1.165, 1.54) is 7.11 Å². The van der Waals surface area contributed by atoms with Gasteiger partial charge in [0.2, 0.25) is 0 Å². The number of hydrogen-bond acceptors (Lipinski definition) is 8. The van der Waals surface area contributed by atoms with Crippen molar-refractivity contribution in [3.8, 4) is 0 Å². The molecular weight excluding hydrogens is 560 g/mol. The first kappa shape index (κ1) is 30.2. The standard InChI is InChI=1S/C36H38O8/c1-39-36-33(44-35(38)29-20-26-17-18-28(29)19-26)32(43-34(37)27-15-9-4-10-16-27)31(41-22-25-13-7-3-8-14-25)30(42-36)23-40-21-24-11-5-2-6-12-24/h2-18,26,28-33,36H,19-23H2,1H3/t26-,28+,29-,30+,31+,32-,33-,36-/m0/s1. The van der Waals surface area contributed by atoms with Crippen molar-refractivity contribution in [2.75, 3.05) is 13.7 Å². The molecule has 3 aliphatic rings. The molecule has 2 bridgehead atoms. The molecule has 230 valence electrons. The first-order valence-corrected chi connectivity index (χ1v) is 15.2. The summed E-state index contributed by atoms with van der Waals surface area (Å²) < 4.78 is 37.0. The van der Waals surface area contributed by atoms with E-state index in [1.54, 1.807) is 24.3 Å². The molecule has 0 amide bonds. The number of methoxy groups -OCH3 is 1. The van der Waals surface area contributed by atoms with E-state index in [0.717, 1.165) is 24.0 Å². The Labute approximate surface area is 257 Å². The maximum absolute atomic E-state index is 13.6. The Balaban J connectivity index is 1.28. The van der Waals surface area contributed by atoms with Crippen molar-refractivity contribution in [1.29, 1.82) is 0 Å². The van der Waals surface area contributed by atoms with E-state index < -0.39 is 36.7 Å². The van der Waals surface area contributed by atoms with Crippen LogP contribution in [0.15, 0.2) is 103 Å². The number of carbonyl (C=O) groups is 2. The molecule has 0 unspecified atom stereocenters. The molecule has 2 fully saturated rings. The van der Waals surface area contributed by atoms with Crippen molar-refractivity contribution in [2.45, 2.75) is 56.8 Å². The molecule has 3 aromatic carbocycles. The van der Waals surface area contributed by atoms with Crippen LogP contribution < -0.4 is 0 Å². The van der Waals surface area contributed by atoms with Crippen molar-refractivity contribution in [3.05, 3.63) is 120 Å². The molecule has 1 saturated heterocycles. The molecule has 0 spiro atoms. The van der Waals surface area contributed by atoms with Crippen LogP contribution in [0.25, 0.3) is 0 Å². The van der Waals surface area contributed by atoms with Crippen LogP contribution in [-0.4, -0.2) is 56.4 Å². The van der Waals surface area contributed by atoms with E-state index >= 15 is 0 Å². The fourth-order valence-corrected chi connectivity index (χ4v) is 6.34. The summed E-state index contributed by atoms with van der Waals surface area (Å²) in [4.78, 5) is 27.1. The summed E-state index contributed by atoms with van der Waals surface area (Å²) in [5, 5.41) is 0. The van der Waals surface area contributed by atoms with Gasteiger partial charge >= 0.3 is 11.9 Å². The van der Waals surface area contributed by atoms with E-state index in [0.29, 0.717) is 18.1 Å². The SMILES string of the molecule is CO[C@H]1O[C@H](COCc2ccccc2)[C@@H](OCc2ccccc2)[C@H](OC(=O)c2ccccc2)[C@@H]1OC(=O)[C@H]1C[C@H]2C=C[C@@H]1C2. The Morgan fingerprint density at radius 1 is 0.750 bits per heavy atom. The lowest BCUT2D eigenvalue weighted by Gasteiger charge is -2.45. The summed E-state index contributed by atoms with van der Waals surface area (Å²) >= 11 is 0. The Kier molecular flexibility index (Phi) is 9.83. The van der Waals surface area contributed by atoms with E-state index in [1.807, 2.05) is 66.7 Å². The molecule has 44 heavy (non-hydrogen) atoms. The third-order valence-corrected chi connectivity index (χ3v) is 8.59. The van der Waals surface area contributed by atoms with Crippen LogP contribution in [0.1, 0.15) is 34.3 Å². The zero-order valence-electron chi connectivity index (χ0n) is 24.7. The average Bonchev–Trinajstić information content (AvgIpc) is 3.71. The molecule has 2 aliphatic carbocycles. The highest BCUT2D eigenvalue weighted by molar-refractivity contribution is 5.89. The van der Waals surface area contributed by atoms with Crippen molar-refractivity contribution in [2.24, 2.45) is 17.8 Å². The molecule has 8 heteroatoms. The number of rotatable bonds is 12. The second kappa shape index (κ2) is 14.3. The first-order chi connectivity index (χ1) is 21.6. The number of carbonyl (C=O) groups excluding carboxylic acids is 2. The van der Waals surface area contributed by atoms with Gasteiger partial charge in [-0.3, -0.25) is 4.79 Å². The molecule has 1 heterocycles. The van der Waals surface area contributed by atoms with Crippen LogP contribution in [0.3, 0.4) is 0 Å². The second-order valence-corrected chi connectivity index (χ2v) is 11.6. The highest BCUT2D eigenvalue weighted by Crippen LogP contribution is 2.44. The van der Waals surface area contributed by atoms with Gasteiger partial charge in [-0.1, -0.05) is 91.0 Å². The molecular formula is C36H38O8. The number of fused-ring (bicyclic) bond motifs is 2. The first-order valence-electron chi connectivity index (χ1n) is 15.2. The molecule has 8 atom stereocenters. The van der Waals surface area contributed by atoms with Gasteiger partial charge in [0.15, 0.2) is 18.5 Å². The monoisotopic (exact) mass is 598 g/mol. The van der Waals surface area contributed by atoms with E-state index in [4.69, 9.17) is 28.4 Å². The van der Waals surface area contributed by atoms with Crippen molar-refractivity contribution in [3.63, 3.8) is 0 Å². The van der Waals surface area contributed by atoms with Gasteiger partial charge in [0.05, 0.1) is 31.3 Å². The minimum Gasteiger partial charge on any atom is -0.453 e. The molecule has 3 aromatic rings. The van der Waals surface area contributed by atoms with Crippen LogP contribution in [0.5, 0.6) is 0 Å². The van der Waals surface area contributed by atoms with Crippen LogP contribution >= 0.6 is 0 Å². The third kappa shape index (κ3) is 7.11. The van der Waals surface area contributed by atoms with E-state index in [2.05, 4.69) is 12.2 Å². The number of allylic oxidation sites excluding steroid dienone is 2. The van der Waals surface area contributed by atoms with Crippen LogP contribution in [0.2, 0.25) is 0 Å². The van der Waals surface area contributed by atoms with E-state index in [9.17, 15) is 9.59 Å². The normalized spacial score (nSPS) is 28.9. The fourth-order valence-electron chi connectivity index (χ4n) is 6.34. The summed E-state index contributed by atoms with van der Waals surface area (Å²) in [7, 11) is 1.48. The molecule has 1 aliphatic heterocycles. The van der Waals surface area contributed by atoms with Crippen LogP contribution in [-0.2, 0) is 46.4 Å². The summed E-state index contributed by atoms with van der Waals surface area (Å²) in [6.45, 7) is 0.707. The maximum atomic E-state index is 13.6. The third-order valence-electron chi connectivity index (χ3n) is 8.59. The lowest BCUT2D eigenvalue weighted by Crippen LogP contribution is -2.62. The lowest BCUT2D eigenvalue weighted by atomic mass is 9.93. The molecule has 8 nitrogen and oxygen atoms in total. The lowest BCUT2D eigenvalue weighted by molar-refractivity contribution is -0.308. The minimum absolute atomic E-state index is 0.130. The van der Waals surface area contributed by atoms with Gasteiger partial charge in [0, 0.05) is 7.11 Å². The smallest absolute Gasteiger partial charge is 0.338 e. The van der Waals surface area contributed by atoms with Gasteiger partial charge in [-0.15, -0.1) is 0 Å². The van der Waals surface area contributed by atoms with Gasteiger partial charge in [-0.2, -0.15) is 0 Å². The number of benzene rings is 3. The predicted octanol–water partition coefficient (Wildman–Crippen LogP) is 5.51. The summed E-state index contributed by atoms with van der Waals surface area (Å²) in [6, 6.07) is 28.2. The molecule has 0 N–H and O–H groups in total. The Hall–Kier alpha value is -3.82. The van der Waals surface area contributed by atoms with Gasteiger partial charge in [-0.05, 0) is 47.9 Å². The quantitative estimate of drug-likeness (QED) is 0.199. The Morgan fingerprint density at radius 3 is 2.02 bits per heavy atom. The Bertz CT molecular complexity index is 1400. The van der Waals surface area contributed by atoms with Crippen molar-refractivity contribution >= 4 is 11.9 Å². The van der Waals surface area contributed by atoms with Crippen LogP contribution in [0, 0.1) is 17.8 Å². The van der Waals surface area contributed by atoms with Gasteiger partial charge in [0.1, 0.15) is 12.2 Å².